The van der Waals surface area contributed by atoms with Crippen molar-refractivity contribution in [3.63, 3.8) is 0 Å². The molecule has 0 amide bonds. The van der Waals surface area contributed by atoms with E-state index in [2.05, 4.69) is 135 Å². The summed E-state index contributed by atoms with van der Waals surface area (Å²) in [5.74, 6) is 1.16. The third-order valence-electron chi connectivity index (χ3n) is 10.6. The third-order valence-corrected chi connectivity index (χ3v) is 10.6. The van der Waals surface area contributed by atoms with Crippen molar-refractivity contribution in [2.75, 3.05) is 0 Å². The molecule has 0 fully saturated rings. The van der Waals surface area contributed by atoms with Gasteiger partial charge in [0.2, 0.25) is 0 Å². The number of aryl methyl sites for hydroxylation is 6. The summed E-state index contributed by atoms with van der Waals surface area (Å²) in [5, 5.41) is 4.92. The molecular formula is C47H35N5OPt. The van der Waals surface area contributed by atoms with Gasteiger partial charge in [0.1, 0.15) is 0 Å². The standard InChI is InChI=1S/C47H35N5O.Pt/c1-26-18-28(3)43(29(4)19-26)39-25-51-41-12-9-17-48-45(41)36-16-14-33(23-38(36)47(51)50-39)53-32-13-15-34-35-10-7-8-11-40(35)52-42(24-49-46(52)37(34)22-32)44-30(5)20-27(2)21-31(44)6;/h7-21,24-25H,1-6H3;/q-2;+2. The Morgan fingerprint density at radius 3 is 1.91 bits per heavy atom. The molecule has 264 valence electrons. The average molecular weight is 881 g/mol. The fraction of sp³-hybridized carbons (Fsp3) is 0.128. The van der Waals surface area contributed by atoms with Crippen molar-refractivity contribution in [1.29, 1.82) is 0 Å². The van der Waals surface area contributed by atoms with Crippen molar-refractivity contribution >= 4 is 54.8 Å². The van der Waals surface area contributed by atoms with Crippen molar-refractivity contribution in [2.45, 2.75) is 41.5 Å². The molecule has 0 bridgehead atoms. The summed E-state index contributed by atoms with van der Waals surface area (Å²) in [5.41, 5.74) is 16.3. The second-order valence-corrected chi connectivity index (χ2v) is 14.4. The average Bonchev–Trinajstić information content (AvgIpc) is 3.77. The van der Waals surface area contributed by atoms with E-state index >= 15 is 0 Å². The maximum atomic E-state index is 6.60. The number of para-hydroxylation sites is 1. The maximum Gasteiger partial charge on any atom is 2.00 e. The molecule has 5 heterocycles. The van der Waals surface area contributed by atoms with Gasteiger partial charge in [-0.2, -0.15) is 0 Å². The van der Waals surface area contributed by atoms with E-state index in [9.17, 15) is 0 Å². The third kappa shape index (κ3) is 5.15. The molecule has 0 atom stereocenters. The minimum absolute atomic E-state index is 0. The number of rotatable bonds is 4. The van der Waals surface area contributed by atoms with Crippen LogP contribution in [0.4, 0.5) is 0 Å². The van der Waals surface area contributed by atoms with Gasteiger partial charge in [-0.15, -0.1) is 12.1 Å². The van der Waals surface area contributed by atoms with Gasteiger partial charge in [-0.1, -0.05) is 99.4 Å². The molecule has 0 spiro atoms. The van der Waals surface area contributed by atoms with Gasteiger partial charge in [0.05, 0.1) is 33.7 Å². The van der Waals surface area contributed by atoms with Crippen molar-refractivity contribution in [3.8, 4) is 34.0 Å². The van der Waals surface area contributed by atoms with Crippen LogP contribution in [0.5, 0.6) is 11.5 Å². The van der Waals surface area contributed by atoms with Crippen LogP contribution in [0.15, 0.2) is 104 Å². The van der Waals surface area contributed by atoms with Gasteiger partial charge in [-0.25, -0.2) is 0 Å². The first-order chi connectivity index (χ1) is 25.7. The van der Waals surface area contributed by atoms with Gasteiger partial charge in [0.15, 0.2) is 0 Å². The van der Waals surface area contributed by atoms with E-state index in [0.717, 1.165) is 71.7 Å². The Bertz CT molecular complexity index is 3080. The number of imidazole rings is 2. The molecule has 5 aromatic carbocycles. The van der Waals surface area contributed by atoms with E-state index in [-0.39, 0.29) is 21.1 Å². The SMILES string of the molecule is Cc1cc(C)c(-c2cn3c4cccnc4c4ccc(Oc5[c-]c6c(cc5)c5ccccc5n5c(-c7c(C)cc(C)cc7C)cnc65)[c-]c4c3n2)c(C)c1.[Pt+2]. The zero-order chi connectivity index (χ0) is 36.1. The van der Waals surface area contributed by atoms with E-state index in [0.29, 0.717) is 11.5 Å². The van der Waals surface area contributed by atoms with Crippen molar-refractivity contribution in [3.05, 3.63) is 149 Å². The smallest absolute Gasteiger partial charge is 0.497 e. The monoisotopic (exact) mass is 880 g/mol. The quantitative estimate of drug-likeness (QED) is 0.131. The first-order valence-electron chi connectivity index (χ1n) is 17.9. The number of hydrogen-bond donors (Lipinski definition) is 0. The van der Waals surface area contributed by atoms with Gasteiger partial charge in [0, 0.05) is 46.7 Å². The van der Waals surface area contributed by atoms with Crippen molar-refractivity contribution in [2.24, 2.45) is 0 Å². The van der Waals surface area contributed by atoms with Crippen LogP contribution in [-0.2, 0) is 21.1 Å². The van der Waals surface area contributed by atoms with Gasteiger partial charge in [-0.05, 0) is 87.4 Å². The number of pyridine rings is 3. The molecular weight excluding hydrogens is 846 g/mol. The van der Waals surface area contributed by atoms with Crippen LogP contribution in [0.25, 0.3) is 77.3 Å². The zero-order valence-corrected chi connectivity index (χ0v) is 33.0. The normalized spacial score (nSPS) is 11.7. The number of fused-ring (bicyclic) bond motifs is 12. The van der Waals surface area contributed by atoms with Crippen molar-refractivity contribution < 1.29 is 25.8 Å². The summed E-state index contributed by atoms with van der Waals surface area (Å²) in [4.78, 5) is 15.1. The van der Waals surface area contributed by atoms with Crippen LogP contribution in [0.1, 0.15) is 33.4 Å². The molecule has 10 rings (SSSR count). The Morgan fingerprint density at radius 1 is 0.593 bits per heavy atom. The van der Waals surface area contributed by atoms with Crippen LogP contribution in [-0.4, -0.2) is 23.8 Å². The molecule has 5 aromatic heterocycles. The Balaban J connectivity index is 0.00000384. The minimum Gasteiger partial charge on any atom is -0.497 e. The molecule has 0 radical (unpaired) electrons. The van der Waals surface area contributed by atoms with Gasteiger partial charge in [0.25, 0.3) is 0 Å². The second-order valence-electron chi connectivity index (χ2n) is 14.4. The predicted octanol–water partition coefficient (Wildman–Crippen LogP) is 11.6. The second kappa shape index (κ2) is 12.6. The molecule has 0 saturated heterocycles. The first-order valence-corrected chi connectivity index (χ1v) is 17.9. The van der Waals surface area contributed by atoms with Crippen LogP contribution < -0.4 is 4.74 Å². The molecule has 54 heavy (non-hydrogen) atoms. The molecule has 0 aliphatic rings. The molecule has 7 heteroatoms. The van der Waals surface area contributed by atoms with Crippen molar-refractivity contribution in [1.82, 2.24) is 23.8 Å². The summed E-state index contributed by atoms with van der Waals surface area (Å²) < 4.78 is 11.0. The minimum atomic E-state index is 0. The van der Waals surface area contributed by atoms with Gasteiger partial charge in [-0.3, -0.25) is 15.0 Å². The maximum absolute atomic E-state index is 6.60. The Kier molecular flexibility index (Phi) is 7.95. The van der Waals surface area contributed by atoms with Crippen LogP contribution in [0.3, 0.4) is 0 Å². The predicted molar refractivity (Wildman–Crippen MR) is 215 cm³/mol. The Labute approximate surface area is 327 Å². The van der Waals surface area contributed by atoms with E-state index in [1.54, 1.807) is 0 Å². The topological polar surface area (TPSA) is 56.7 Å². The fourth-order valence-corrected chi connectivity index (χ4v) is 8.63. The van der Waals surface area contributed by atoms with Gasteiger partial charge >= 0.3 is 21.1 Å². The number of ether oxygens (including phenoxy) is 1. The first kappa shape index (κ1) is 34.0. The number of aromatic nitrogens is 5. The molecule has 10 aromatic rings. The summed E-state index contributed by atoms with van der Waals surface area (Å²) >= 11 is 0. The van der Waals surface area contributed by atoms with E-state index in [4.69, 9.17) is 19.7 Å². The summed E-state index contributed by atoms with van der Waals surface area (Å²) in [6.45, 7) is 12.9. The largest absolute Gasteiger partial charge is 2.00 e. The van der Waals surface area contributed by atoms with Gasteiger partial charge < -0.3 is 13.5 Å². The molecule has 0 unspecified atom stereocenters. The summed E-state index contributed by atoms with van der Waals surface area (Å²) in [6.07, 6.45) is 5.95. The molecule has 0 aliphatic carbocycles. The van der Waals surface area contributed by atoms with Crippen LogP contribution in [0.2, 0.25) is 0 Å². The van der Waals surface area contributed by atoms with E-state index < -0.39 is 0 Å². The number of benzene rings is 5. The number of nitrogens with zero attached hydrogens (tertiary/aromatic N) is 5. The number of hydrogen-bond acceptors (Lipinski definition) is 4. The van der Waals surface area contributed by atoms with Crippen LogP contribution >= 0.6 is 0 Å². The van der Waals surface area contributed by atoms with E-state index in [1.165, 1.54) is 38.9 Å². The molecule has 0 aliphatic heterocycles. The van der Waals surface area contributed by atoms with E-state index in [1.807, 2.05) is 30.6 Å². The Hall–Kier alpha value is -5.84. The molecule has 0 N–H and O–H groups in total. The summed E-state index contributed by atoms with van der Waals surface area (Å²) in [7, 11) is 0. The zero-order valence-electron chi connectivity index (χ0n) is 30.8. The Morgan fingerprint density at radius 2 is 1.20 bits per heavy atom. The molecule has 0 saturated carbocycles. The molecule has 6 nitrogen and oxygen atoms in total. The summed E-state index contributed by atoms with van der Waals surface area (Å²) in [6, 6.07) is 36.8. The fourth-order valence-electron chi connectivity index (χ4n) is 8.63. The van der Waals surface area contributed by atoms with Crippen LogP contribution in [0, 0.1) is 53.7 Å².